The highest BCUT2D eigenvalue weighted by atomic mass is 16.7. The summed E-state index contributed by atoms with van der Waals surface area (Å²) in [5.74, 6) is -1.15. The summed E-state index contributed by atoms with van der Waals surface area (Å²) in [6.07, 6.45) is 5.07. The van der Waals surface area contributed by atoms with Gasteiger partial charge in [0.15, 0.2) is 11.9 Å². The maximum Gasteiger partial charge on any atom is 0.339 e. The molecule has 1 aromatic rings. The molecule has 7 aliphatic rings. The van der Waals surface area contributed by atoms with Crippen LogP contribution in [0.1, 0.15) is 110 Å². The quantitative estimate of drug-likeness (QED) is 0.140. The van der Waals surface area contributed by atoms with Crippen molar-refractivity contribution in [3.8, 4) is 0 Å². The lowest BCUT2D eigenvalue weighted by Gasteiger charge is -2.66. The van der Waals surface area contributed by atoms with Crippen molar-refractivity contribution < 1.29 is 48.0 Å². The van der Waals surface area contributed by atoms with E-state index < -0.39 is 63.8 Å². The number of hydrogen-bond donors (Lipinski definition) is 4. The van der Waals surface area contributed by atoms with Crippen LogP contribution in [0.15, 0.2) is 16.7 Å². The van der Waals surface area contributed by atoms with Crippen LogP contribution in [0.5, 0.6) is 0 Å². The Morgan fingerprint density at radius 1 is 1.06 bits per heavy atom. The van der Waals surface area contributed by atoms with Crippen molar-refractivity contribution in [1.82, 2.24) is 10.6 Å². The Bertz CT molecular complexity index is 1570. The molecule has 5 aliphatic heterocycles. The Hall–Kier alpha value is -2.35. The summed E-state index contributed by atoms with van der Waals surface area (Å²) >= 11 is 0. The molecule has 5 saturated heterocycles. The van der Waals surface area contributed by atoms with E-state index in [0.717, 1.165) is 50.9 Å². The van der Waals surface area contributed by atoms with Crippen LogP contribution in [-0.2, 0) is 39.8 Å². The first-order valence-electron chi connectivity index (χ1n) is 19.8. The fourth-order valence-electron chi connectivity index (χ4n) is 12.5. The summed E-state index contributed by atoms with van der Waals surface area (Å²) in [6.45, 7) is 12.1. The molecule has 8 rings (SSSR count). The molecular weight excluding hydrogens is 668 g/mol. The maximum absolute atomic E-state index is 14.9. The summed E-state index contributed by atoms with van der Waals surface area (Å²) in [6, 6.07) is 2.34. The maximum atomic E-state index is 14.9. The first-order valence-corrected chi connectivity index (χ1v) is 19.8. The average molecular weight is 727 g/mol. The minimum atomic E-state index is -1.43. The molecule has 0 unspecified atom stereocenters. The number of epoxide rings is 1. The van der Waals surface area contributed by atoms with Crippen molar-refractivity contribution in [3.63, 3.8) is 0 Å². The van der Waals surface area contributed by atoms with Gasteiger partial charge in [-0.25, -0.2) is 4.79 Å². The number of rotatable bonds is 12. The van der Waals surface area contributed by atoms with Gasteiger partial charge in [-0.15, -0.1) is 0 Å². The lowest BCUT2D eigenvalue weighted by molar-refractivity contribution is -0.252. The molecule has 6 heterocycles. The van der Waals surface area contributed by atoms with Crippen LogP contribution in [-0.4, -0.2) is 89.9 Å². The molecule has 4 N–H and O–H groups in total. The molecule has 1 aromatic heterocycles. The lowest BCUT2D eigenvalue weighted by Crippen LogP contribution is -2.76. The molecule has 2 aliphatic carbocycles. The number of fused-ring (bicyclic) bond motifs is 1. The normalized spacial score (nSPS) is 45.4. The number of Topliss-reactive ketones (excluding diaryl/α,β-unsaturated/α-hetero) is 1. The van der Waals surface area contributed by atoms with Crippen molar-refractivity contribution >= 4 is 17.7 Å². The summed E-state index contributed by atoms with van der Waals surface area (Å²) in [5.41, 5.74) is -4.24. The standard InChI is InChI=1S/C40H58N2O10/c1-22(2)10-14-37(4)31-30(45)32(46)38(5)27(39(31)20-49-29(44)17-28(39)51-37)11-13-36(3)33(50-35(47)34-40(36,38)52-34)25-12-15-48-26(25)16-23(19-43)8-6-7-9-24-18-41-21-42-24/h12,15,22-24,27-28,31-34,41-43,46H,6-11,13-14,16-21H2,1-5H3/t23-,24+,27+,28+,31-,32-,33+,34-,36+,37+,38+,39+,40-/m1/s1. The van der Waals surface area contributed by atoms with Gasteiger partial charge in [-0.05, 0) is 69.3 Å². The van der Waals surface area contributed by atoms with Gasteiger partial charge in [0.2, 0.25) is 0 Å². The smallest absolute Gasteiger partial charge is 0.339 e. The van der Waals surface area contributed by atoms with Crippen LogP contribution in [0.4, 0.5) is 0 Å². The molecule has 12 heteroatoms. The molecule has 12 nitrogen and oxygen atoms in total. The molecule has 7 fully saturated rings. The number of ketones is 1. The van der Waals surface area contributed by atoms with E-state index in [0.29, 0.717) is 43.4 Å². The molecule has 0 amide bonds. The Balaban J connectivity index is 1.11. The zero-order valence-electron chi connectivity index (χ0n) is 31.4. The summed E-state index contributed by atoms with van der Waals surface area (Å²) < 4.78 is 31.7. The fourth-order valence-corrected chi connectivity index (χ4v) is 12.5. The zero-order chi connectivity index (χ0) is 36.8. The number of ether oxygens (including phenoxy) is 4. The number of aliphatic hydroxyl groups excluding tert-OH is 2. The number of furan rings is 1. The lowest BCUT2D eigenvalue weighted by atomic mass is 9.36. The largest absolute Gasteiger partial charge is 0.469 e. The molecule has 52 heavy (non-hydrogen) atoms. The monoisotopic (exact) mass is 726 g/mol. The molecule has 0 radical (unpaired) electrons. The third kappa shape index (κ3) is 5.03. The molecule has 0 aromatic carbocycles. The van der Waals surface area contributed by atoms with Gasteiger partial charge < -0.3 is 44.2 Å². The highest BCUT2D eigenvalue weighted by Gasteiger charge is 2.91. The van der Waals surface area contributed by atoms with Gasteiger partial charge in [0.25, 0.3) is 0 Å². The highest BCUT2D eigenvalue weighted by Crippen LogP contribution is 2.80. The van der Waals surface area contributed by atoms with E-state index in [9.17, 15) is 24.6 Å². The Labute approximate surface area is 306 Å². The van der Waals surface area contributed by atoms with E-state index in [4.69, 9.17) is 23.4 Å². The van der Waals surface area contributed by atoms with Crippen molar-refractivity contribution in [2.45, 2.75) is 140 Å². The first kappa shape index (κ1) is 36.6. The van der Waals surface area contributed by atoms with Gasteiger partial charge in [0, 0.05) is 54.1 Å². The van der Waals surface area contributed by atoms with Crippen LogP contribution in [0.25, 0.3) is 0 Å². The van der Waals surface area contributed by atoms with Crippen molar-refractivity contribution in [1.29, 1.82) is 0 Å². The number of carbonyl (C=O) groups excluding carboxylic acids is 3. The summed E-state index contributed by atoms with van der Waals surface area (Å²) in [5, 5.41) is 29.6. The van der Waals surface area contributed by atoms with Crippen molar-refractivity contribution in [3.05, 3.63) is 23.7 Å². The SMILES string of the molecule is CC(C)CC[C@]1(C)O[C@H]2CC(=O)OC[C@]23[C@H]2CC[C@@]4(C)[C@H](c5ccoc5C[C@H](CO)CCCC[C@H]5CNCN5)OC(=O)[C@H]5O[C@]54[C@]2(C)[C@H](O)C(=O)[C@@H]31. The van der Waals surface area contributed by atoms with Gasteiger partial charge in [-0.1, -0.05) is 40.5 Å². The topological polar surface area (TPSA) is 169 Å². The van der Waals surface area contributed by atoms with Crippen molar-refractivity contribution in [2.75, 3.05) is 26.4 Å². The van der Waals surface area contributed by atoms with E-state index in [1.54, 1.807) is 6.26 Å². The highest BCUT2D eigenvalue weighted by molar-refractivity contribution is 5.92. The predicted octanol–water partition coefficient (Wildman–Crippen LogP) is 3.75. The third-order valence-electron chi connectivity index (χ3n) is 15.1. The number of carbonyl (C=O) groups is 3. The number of esters is 2. The minimum absolute atomic E-state index is 0.0153. The van der Waals surface area contributed by atoms with Gasteiger partial charge in [0.05, 0.1) is 30.3 Å². The molecule has 0 bridgehead atoms. The number of cyclic esters (lactones) is 2. The number of hydrogen-bond acceptors (Lipinski definition) is 12. The van der Waals surface area contributed by atoms with Gasteiger partial charge in [0.1, 0.15) is 30.2 Å². The Kier molecular flexibility index (Phi) is 9.06. The van der Waals surface area contributed by atoms with Crippen LogP contribution in [0.3, 0.4) is 0 Å². The molecule has 2 saturated carbocycles. The van der Waals surface area contributed by atoms with E-state index in [2.05, 4.69) is 31.4 Å². The predicted molar refractivity (Wildman–Crippen MR) is 186 cm³/mol. The number of aliphatic hydroxyl groups is 2. The van der Waals surface area contributed by atoms with Crippen LogP contribution >= 0.6 is 0 Å². The third-order valence-corrected chi connectivity index (χ3v) is 15.1. The van der Waals surface area contributed by atoms with E-state index in [1.807, 2.05) is 19.9 Å². The van der Waals surface area contributed by atoms with Crippen LogP contribution < -0.4 is 10.6 Å². The van der Waals surface area contributed by atoms with Crippen LogP contribution in [0.2, 0.25) is 0 Å². The number of nitrogens with one attached hydrogen (secondary N) is 2. The molecule has 2 spiro atoms. The molecule has 13 atom stereocenters. The zero-order valence-corrected chi connectivity index (χ0v) is 31.4. The molecular formula is C40H58N2O10. The van der Waals surface area contributed by atoms with Gasteiger partial charge in [-0.3, -0.25) is 9.59 Å². The Morgan fingerprint density at radius 2 is 1.87 bits per heavy atom. The number of unbranched alkanes of at least 4 members (excludes halogenated alkanes) is 1. The first-order chi connectivity index (χ1) is 24.8. The van der Waals surface area contributed by atoms with Crippen molar-refractivity contribution in [2.24, 2.45) is 39.9 Å². The second kappa shape index (κ2) is 12.9. The Morgan fingerprint density at radius 3 is 2.60 bits per heavy atom. The second-order valence-electron chi connectivity index (χ2n) is 18.3. The second-order valence-corrected chi connectivity index (χ2v) is 18.3. The van der Waals surface area contributed by atoms with E-state index in [1.165, 1.54) is 0 Å². The summed E-state index contributed by atoms with van der Waals surface area (Å²) in [4.78, 5) is 41.6. The van der Waals surface area contributed by atoms with E-state index in [-0.39, 0.29) is 43.2 Å². The fraction of sp³-hybridized carbons (Fsp3) is 0.825. The van der Waals surface area contributed by atoms with E-state index >= 15 is 0 Å². The minimum Gasteiger partial charge on any atom is -0.469 e. The molecule has 288 valence electrons. The van der Waals surface area contributed by atoms with Crippen LogP contribution in [0, 0.1) is 39.9 Å². The van der Waals surface area contributed by atoms with Gasteiger partial charge in [-0.2, -0.15) is 0 Å². The summed E-state index contributed by atoms with van der Waals surface area (Å²) in [7, 11) is 0. The average Bonchev–Trinajstić information content (AvgIpc) is 3.35. The van der Waals surface area contributed by atoms with Gasteiger partial charge >= 0.3 is 11.9 Å².